The number of halogens is 1. The quantitative estimate of drug-likeness (QED) is 0.915. The average Bonchev–Trinajstić information content (AvgIpc) is 2.82. The molecule has 0 aliphatic carbocycles. The molecule has 0 bridgehead atoms. The van der Waals surface area contributed by atoms with Crippen molar-refractivity contribution in [3.63, 3.8) is 0 Å². The molecule has 1 atom stereocenters. The topological polar surface area (TPSA) is 38.7 Å². The van der Waals surface area contributed by atoms with Crippen LogP contribution >= 0.6 is 22.9 Å². The highest BCUT2D eigenvalue weighted by molar-refractivity contribution is 7.16. The molecule has 0 saturated heterocycles. The van der Waals surface area contributed by atoms with Crippen molar-refractivity contribution in [1.82, 2.24) is 0 Å². The van der Waals surface area contributed by atoms with Crippen molar-refractivity contribution in [2.75, 3.05) is 14.2 Å². The molecule has 2 aromatic rings. The molecule has 102 valence electrons. The standard InChI is InChI=1S/C14H15ClO3S/c1-17-11-4-3-5-12(18-2)14(11)10(16)8-9-6-7-13(15)19-9/h3-7,10,16H,8H2,1-2H3. The Morgan fingerprint density at radius 3 is 2.26 bits per heavy atom. The number of methoxy groups -OCH3 is 2. The molecule has 0 radical (unpaired) electrons. The normalized spacial score (nSPS) is 12.2. The van der Waals surface area contributed by atoms with Crippen LogP contribution in [0.25, 0.3) is 0 Å². The van der Waals surface area contributed by atoms with Gasteiger partial charge in [0.1, 0.15) is 11.5 Å². The minimum Gasteiger partial charge on any atom is -0.496 e. The third kappa shape index (κ3) is 3.21. The number of thiophene rings is 1. The first-order valence-corrected chi connectivity index (χ1v) is 6.98. The van der Waals surface area contributed by atoms with Crippen molar-refractivity contribution in [1.29, 1.82) is 0 Å². The zero-order valence-electron chi connectivity index (χ0n) is 10.7. The molecule has 1 unspecified atom stereocenters. The predicted octanol–water partition coefficient (Wildman–Crippen LogP) is 3.69. The van der Waals surface area contributed by atoms with Crippen LogP contribution in [0.15, 0.2) is 30.3 Å². The first kappa shape index (κ1) is 14.2. The fourth-order valence-corrected chi connectivity index (χ4v) is 3.09. The summed E-state index contributed by atoms with van der Waals surface area (Å²) < 4.78 is 11.3. The molecular weight excluding hydrogens is 284 g/mol. The fourth-order valence-electron chi connectivity index (χ4n) is 1.96. The van der Waals surface area contributed by atoms with Crippen LogP contribution in [0.2, 0.25) is 4.34 Å². The van der Waals surface area contributed by atoms with Gasteiger partial charge in [-0.05, 0) is 24.3 Å². The summed E-state index contributed by atoms with van der Waals surface area (Å²) in [5.41, 5.74) is 0.664. The molecule has 1 heterocycles. The molecule has 0 aliphatic rings. The fraction of sp³-hybridized carbons (Fsp3) is 0.286. The summed E-state index contributed by atoms with van der Waals surface area (Å²) in [6, 6.07) is 9.19. The van der Waals surface area contributed by atoms with E-state index in [1.807, 2.05) is 30.3 Å². The van der Waals surface area contributed by atoms with Crippen molar-refractivity contribution >= 4 is 22.9 Å². The lowest BCUT2D eigenvalue weighted by molar-refractivity contribution is 0.170. The van der Waals surface area contributed by atoms with E-state index in [-0.39, 0.29) is 0 Å². The molecule has 1 aromatic carbocycles. The summed E-state index contributed by atoms with van der Waals surface area (Å²) in [4.78, 5) is 1.02. The summed E-state index contributed by atoms with van der Waals surface area (Å²) in [5.74, 6) is 1.24. The molecule has 0 aliphatic heterocycles. The largest absolute Gasteiger partial charge is 0.496 e. The van der Waals surface area contributed by atoms with Crippen LogP contribution in [0.1, 0.15) is 16.5 Å². The third-order valence-electron chi connectivity index (χ3n) is 2.82. The highest BCUT2D eigenvalue weighted by Crippen LogP contribution is 2.36. The number of hydrogen-bond acceptors (Lipinski definition) is 4. The van der Waals surface area contributed by atoms with E-state index in [4.69, 9.17) is 21.1 Å². The maximum absolute atomic E-state index is 10.4. The Balaban J connectivity index is 2.29. The summed E-state index contributed by atoms with van der Waals surface area (Å²) in [5, 5.41) is 10.4. The van der Waals surface area contributed by atoms with Crippen molar-refractivity contribution in [2.24, 2.45) is 0 Å². The zero-order chi connectivity index (χ0) is 13.8. The molecule has 2 rings (SSSR count). The van der Waals surface area contributed by atoms with Gasteiger partial charge < -0.3 is 14.6 Å². The maximum atomic E-state index is 10.4. The molecule has 0 saturated carbocycles. The lowest BCUT2D eigenvalue weighted by Crippen LogP contribution is -2.05. The van der Waals surface area contributed by atoms with E-state index in [0.717, 1.165) is 4.88 Å². The number of rotatable bonds is 5. The number of hydrogen-bond donors (Lipinski definition) is 1. The molecule has 19 heavy (non-hydrogen) atoms. The summed E-state index contributed by atoms with van der Waals surface area (Å²) in [7, 11) is 3.15. The molecule has 0 spiro atoms. The van der Waals surface area contributed by atoms with Crippen LogP contribution in [0.5, 0.6) is 11.5 Å². The van der Waals surface area contributed by atoms with Crippen LogP contribution in [-0.2, 0) is 6.42 Å². The second-order valence-electron chi connectivity index (χ2n) is 4.00. The summed E-state index contributed by atoms with van der Waals surface area (Å²) in [6.45, 7) is 0. The second kappa shape index (κ2) is 6.28. The van der Waals surface area contributed by atoms with Gasteiger partial charge in [0.2, 0.25) is 0 Å². The number of ether oxygens (including phenoxy) is 2. The molecule has 0 amide bonds. The molecule has 5 heteroatoms. The monoisotopic (exact) mass is 298 g/mol. The van der Waals surface area contributed by atoms with Gasteiger partial charge in [-0.3, -0.25) is 0 Å². The molecule has 3 nitrogen and oxygen atoms in total. The lowest BCUT2D eigenvalue weighted by Gasteiger charge is -2.17. The van der Waals surface area contributed by atoms with Crippen LogP contribution in [0.3, 0.4) is 0 Å². The van der Waals surface area contributed by atoms with E-state index in [0.29, 0.717) is 27.8 Å². The molecular formula is C14H15ClO3S. The Bertz CT molecular complexity index is 531. The van der Waals surface area contributed by atoms with Crippen LogP contribution < -0.4 is 9.47 Å². The van der Waals surface area contributed by atoms with Gasteiger partial charge in [0.15, 0.2) is 0 Å². The Hall–Kier alpha value is -1.23. The van der Waals surface area contributed by atoms with Gasteiger partial charge in [0.25, 0.3) is 0 Å². The van der Waals surface area contributed by atoms with Crippen molar-refractivity contribution in [2.45, 2.75) is 12.5 Å². The van der Waals surface area contributed by atoms with Gasteiger partial charge in [-0.2, -0.15) is 0 Å². The van der Waals surface area contributed by atoms with Crippen LogP contribution in [0.4, 0.5) is 0 Å². The minimum atomic E-state index is -0.694. The smallest absolute Gasteiger partial charge is 0.128 e. The minimum absolute atomic E-state index is 0.480. The van der Waals surface area contributed by atoms with Crippen molar-refractivity contribution < 1.29 is 14.6 Å². The van der Waals surface area contributed by atoms with E-state index in [2.05, 4.69) is 0 Å². The first-order chi connectivity index (χ1) is 9.15. The first-order valence-electron chi connectivity index (χ1n) is 5.79. The van der Waals surface area contributed by atoms with Gasteiger partial charge >= 0.3 is 0 Å². The van der Waals surface area contributed by atoms with Gasteiger partial charge in [-0.15, -0.1) is 11.3 Å². The Morgan fingerprint density at radius 2 is 1.79 bits per heavy atom. The van der Waals surface area contributed by atoms with E-state index in [9.17, 15) is 5.11 Å². The lowest BCUT2D eigenvalue weighted by atomic mass is 10.0. The Kier molecular flexibility index (Phi) is 4.69. The van der Waals surface area contributed by atoms with Gasteiger partial charge in [0, 0.05) is 11.3 Å². The predicted molar refractivity (Wildman–Crippen MR) is 77.5 cm³/mol. The molecule has 1 aromatic heterocycles. The average molecular weight is 299 g/mol. The van der Waals surface area contributed by atoms with E-state index < -0.39 is 6.10 Å². The van der Waals surface area contributed by atoms with Crippen LogP contribution in [-0.4, -0.2) is 19.3 Å². The van der Waals surface area contributed by atoms with E-state index >= 15 is 0 Å². The maximum Gasteiger partial charge on any atom is 0.128 e. The van der Waals surface area contributed by atoms with Gasteiger partial charge in [-0.25, -0.2) is 0 Å². The zero-order valence-corrected chi connectivity index (χ0v) is 12.3. The Morgan fingerprint density at radius 1 is 1.16 bits per heavy atom. The van der Waals surface area contributed by atoms with Crippen molar-refractivity contribution in [3.8, 4) is 11.5 Å². The molecule has 0 fully saturated rings. The Labute approximate surface area is 121 Å². The number of benzene rings is 1. The second-order valence-corrected chi connectivity index (χ2v) is 5.80. The number of aliphatic hydroxyl groups excluding tert-OH is 1. The van der Waals surface area contributed by atoms with Crippen molar-refractivity contribution in [3.05, 3.63) is 45.1 Å². The summed E-state index contributed by atoms with van der Waals surface area (Å²) in [6.07, 6.45) is -0.213. The third-order valence-corrected chi connectivity index (χ3v) is 4.08. The summed E-state index contributed by atoms with van der Waals surface area (Å²) >= 11 is 7.36. The van der Waals surface area contributed by atoms with Gasteiger partial charge in [-0.1, -0.05) is 17.7 Å². The van der Waals surface area contributed by atoms with E-state index in [1.165, 1.54) is 11.3 Å². The highest BCUT2D eigenvalue weighted by atomic mass is 35.5. The SMILES string of the molecule is COc1cccc(OC)c1C(O)Cc1ccc(Cl)s1. The van der Waals surface area contributed by atoms with Gasteiger partial charge in [0.05, 0.1) is 30.2 Å². The van der Waals surface area contributed by atoms with E-state index in [1.54, 1.807) is 14.2 Å². The van der Waals surface area contributed by atoms with Crippen LogP contribution in [0, 0.1) is 0 Å². The number of aliphatic hydroxyl groups is 1. The molecule has 1 N–H and O–H groups in total. The highest BCUT2D eigenvalue weighted by Gasteiger charge is 2.19.